The van der Waals surface area contributed by atoms with Gasteiger partial charge < -0.3 is 25.2 Å². The van der Waals surface area contributed by atoms with Gasteiger partial charge in [0.25, 0.3) is 0 Å². The van der Waals surface area contributed by atoms with Crippen molar-refractivity contribution in [3.8, 4) is 0 Å². The van der Waals surface area contributed by atoms with Crippen molar-refractivity contribution in [2.75, 3.05) is 19.8 Å². The first-order valence-electron chi connectivity index (χ1n) is 24.2. The molecule has 0 heterocycles. The molecular formula is C47H90NO10P. The van der Waals surface area contributed by atoms with Crippen molar-refractivity contribution < 1.29 is 47.8 Å². The number of amides is 1. The molecule has 12 heteroatoms. The molecule has 0 bridgehead atoms. The molecule has 0 spiro atoms. The van der Waals surface area contributed by atoms with E-state index in [1.54, 1.807) is 0 Å². The van der Waals surface area contributed by atoms with Gasteiger partial charge in [-0.2, -0.15) is 0 Å². The molecule has 348 valence electrons. The summed E-state index contributed by atoms with van der Waals surface area (Å²) in [5.41, 5.74) is 0. The minimum absolute atomic E-state index is 0.144. The molecule has 3 atom stereocenters. The summed E-state index contributed by atoms with van der Waals surface area (Å²) in [6, 6.07) is -1.54. The van der Waals surface area contributed by atoms with E-state index < -0.39 is 57.6 Å². The Hall–Kier alpha value is -1.78. The van der Waals surface area contributed by atoms with Gasteiger partial charge in [0.1, 0.15) is 12.7 Å². The Bertz CT molecular complexity index is 1060. The second kappa shape index (κ2) is 42.9. The highest BCUT2D eigenvalue weighted by Crippen LogP contribution is 2.43. The van der Waals surface area contributed by atoms with Crippen LogP contribution in [0, 0.1) is 0 Å². The van der Waals surface area contributed by atoms with Gasteiger partial charge in [-0.1, -0.05) is 199 Å². The van der Waals surface area contributed by atoms with Crippen molar-refractivity contribution in [2.45, 2.75) is 251 Å². The predicted octanol–water partition coefficient (Wildman–Crippen LogP) is 12.8. The van der Waals surface area contributed by atoms with Crippen molar-refractivity contribution >= 4 is 25.7 Å². The van der Waals surface area contributed by atoms with Crippen molar-refractivity contribution in [3.63, 3.8) is 0 Å². The molecule has 0 aromatic rings. The SMILES string of the molecule is CCCCCCCC/C=C\CCCCCCCCCC(=O)NC(COP(=O)(O)OCC(O)COC(=O)CCCCCCCCCCCCCCCCCCCC)C(=O)O. The Morgan fingerprint density at radius 2 is 0.881 bits per heavy atom. The minimum Gasteiger partial charge on any atom is -0.480 e. The Balaban J connectivity index is 3.83. The van der Waals surface area contributed by atoms with Gasteiger partial charge in [-0.25, -0.2) is 9.36 Å². The van der Waals surface area contributed by atoms with Gasteiger partial charge in [0.05, 0.1) is 13.2 Å². The van der Waals surface area contributed by atoms with E-state index in [9.17, 15) is 34.1 Å². The number of rotatable bonds is 46. The number of phosphoric acid groups is 1. The van der Waals surface area contributed by atoms with Gasteiger partial charge in [-0.15, -0.1) is 0 Å². The number of esters is 1. The van der Waals surface area contributed by atoms with Crippen LogP contribution in [0.4, 0.5) is 0 Å². The summed E-state index contributed by atoms with van der Waals surface area (Å²) in [5.74, 6) is -2.36. The van der Waals surface area contributed by atoms with Crippen LogP contribution in [0.2, 0.25) is 0 Å². The van der Waals surface area contributed by atoms with E-state index in [4.69, 9.17) is 13.8 Å². The van der Waals surface area contributed by atoms with E-state index in [2.05, 4.69) is 31.3 Å². The first-order valence-corrected chi connectivity index (χ1v) is 25.7. The topological polar surface area (TPSA) is 169 Å². The summed E-state index contributed by atoms with van der Waals surface area (Å²) >= 11 is 0. The minimum atomic E-state index is -4.75. The van der Waals surface area contributed by atoms with Crippen LogP contribution in [0.15, 0.2) is 12.2 Å². The van der Waals surface area contributed by atoms with Crippen molar-refractivity contribution in [3.05, 3.63) is 12.2 Å². The average Bonchev–Trinajstić information content (AvgIpc) is 3.21. The number of phosphoric ester groups is 1. The zero-order chi connectivity index (χ0) is 43.5. The summed E-state index contributed by atoms with van der Waals surface area (Å²) in [5, 5.41) is 21.9. The molecule has 0 radical (unpaired) electrons. The maximum Gasteiger partial charge on any atom is 0.472 e. The molecule has 4 N–H and O–H groups in total. The Kier molecular flexibility index (Phi) is 41.6. The number of unbranched alkanes of at least 4 members (excludes halogenated alkanes) is 30. The quantitative estimate of drug-likeness (QED) is 0.0200. The smallest absolute Gasteiger partial charge is 0.472 e. The summed E-state index contributed by atoms with van der Waals surface area (Å²) < 4.78 is 26.9. The number of carboxylic acid groups (broad SMARTS) is 1. The molecule has 0 aromatic heterocycles. The largest absolute Gasteiger partial charge is 0.480 e. The van der Waals surface area contributed by atoms with Crippen LogP contribution in [0.1, 0.15) is 239 Å². The van der Waals surface area contributed by atoms with Gasteiger partial charge in [0.15, 0.2) is 6.04 Å². The second-order valence-corrected chi connectivity index (χ2v) is 18.1. The molecule has 1 amide bonds. The Morgan fingerprint density at radius 1 is 0.525 bits per heavy atom. The number of aliphatic carboxylic acids is 1. The summed E-state index contributed by atoms with van der Waals surface area (Å²) in [6.07, 6.45) is 43.7. The van der Waals surface area contributed by atoms with E-state index in [0.717, 1.165) is 51.4 Å². The Labute approximate surface area is 360 Å². The fraction of sp³-hybridized carbons (Fsp3) is 0.894. The second-order valence-electron chi connectivity index (χ2n) is 16.7. The van der Waals surface area contributed by atoms with Crippen LogP contribution >= 0.6 is 7.82 Å². The standard InChI is InChI=1S/C47H90NO10P/c1-3-5-7-9-11-13-15-17-19-21-23-25-27-29-31-33-35-37-39-46(51)56-40-43(49)41-57-59(54,55)58-42-44(47(52)53)48-45(50)38-36-34-32-30-28-26-24-22-20-18-16-14-12-10-8-6-4-2/h18,20,43-44,49H,3-17,19,21-42H2,1-2H3,(H,48,50)(H,52,53)(H,54,55)/b20-18-. The van der Waals surface area contributed by atoms with E-state index in [-0.39, 0.29) is 12.8 Å². The number of aliphatic hydroxyl groups excluding tert-OH is 1. The molecule has 3 unspecified atom stereocenters. The third-order valence-electron chi connectivity index (χ3n) is 10.8. The van der Waals surface area contributed by atoms with Gasteiger partial charge in [0.2, 0.25) is 5.91 Å². The normalized spacial score (nSPS) is 13.7. The molecule has 11 nitrogen and oxygen atoms in total. The first kappa shape index (κ1) is 57.2. The summed E-state index contributed by atoms with van der Waals surface area (Å²) in [6.45, 7) is 2.63. The van der Waals surface area contributed by atoms with Crippen LogP contribution in [0.3, 0.4) is 0 Å². The number of ether oxygens (including phenoxy) is 1. The van der Waals surface area contributed by atoms with E-state index in [1.165, 1.54) is 148 Å². The molecule has 0 aromatic carbocycles. The van der Waals surface area contributed by atoms with Crippen LogP contribution in [-0.2, 0) is 32.7 Å². The lowest BCUT2D eigenvalue weighted by atomic mass is 10.0. The molecule has 0 aliphatic carbocycles. The highest BCUT2D eigenvalue weighted by atomic mass is 31.2. The number of carboxylic acids is 1. The van der Waals surface area contributed by atoms with E-state index in [1.807, 2.05) is 0 Å². The maximum absolute atomic E-state index is 12.3. The lowest BCUT2D eigenvalue weighted by Crippen LogP contribution is -2.43. The van der Waals surface area contributed by atoms with Crippen LogP contribution in [0.25, 0.3) is 0 Å². The van der Waals surface area contributed by atoms with Crippen molar-refractivity contribution in [1.82, 2.24) is 5.32 Å². The highest BCUT2D eigenvalue weighted by Gasteiger charge is 2.28. The number of nitrogens with one attached hydrogen (secondary N) is 1. The maximum atomic E-state index is 12.3. The lowest BCUT2D eigenvalue weighted by molar-refractivity contribution is -0.147. The Morgan fingerprint density at radius 3 is 1.29 bits per heavy atom. The number of aliphatic hydroxyl groups is 1. The molecule has 0 rings (SSSR count). The summed E-state index contributed by atoms with van der Waals surface area (Å²) in [4.78, 5) is 46.0. The lowest BCUT2D eigenvalue weighted by Gasteiger charge is -2.18. The van der Waals surface area contributed by atoms with Crippen molar-refractivity contribution in [1.29, 1.82) is 0 Å². The number of allylic oxidation sites excluding steroid dienone is 2. The molecule has 0 saturated heterocycles. The van der Waals surface area contributed by atoms with E-state index in [0.29, 0.717) is 12.8 Å². The molecule has 0 aliphatic heterocycles. The van der Waals surface area contributed by atoms with Crippen LogP contribution in [0.5, 0.6) is 0 Å². The average molecular weight is 860 g/mol. The predicted molar refractivity (Wildman–Crippen MR) is 240 cm³/mol. The third-order valence-corrected chi connectivity index (χ3v) is 11.8. The molecular weight excluding hydrogens is 769 g/mol. The fourth-order valence-electron chi connectivity index (χ4n) is 7.02. The molecule has 0 aliphatic rings. The number of carbonyl (C=O) groups excluding carboxylic acids is 2. The molecule has 0 fully saturated rings. The first-order chi connectivity index (χ1) is 28.6. The summed E-state index contributed by atoms with van der Waals surface area (Å²) in [7, 11) is -4.75. The zero-order valence-electron chi connectivity index (χ0n) is 37.8. The molecule has 0 saturated carbocycles. The highest BCUT2D eigenvalue weighted by molar-refractivity contribution is 7.47. The zero-order valence-corrected chi connectivity index (χ0v) is 38.7. The van der Waals surface area contributed by atoms with Gasteiger partial charge in [-0.3, -0.25) is 18.6 Å². The number of hydrogen-bond acceptors (Lipinski definition) is 8. The van der Waals surface area contributed by atoms with Gasteiger partial charge in [0, 0.05) is 12.8 Å². The van der Waals surface area contributed by atoms with Crippen LogP contribution < -0.4 is 5.32 Å². The monoisotopic (exact) mass is 860 g/mol. The van der Waals surface area contributed by atoms with Crippen molar-refractivity contribution in [2.24, 2.45) is 0 Å². The van der Waals surface area contributed by atoms with E-state index >= 15 is 0 Å². The fourth-order valence-corrected chi connectivity index (χ4v) is 7.79. The third kappa shape index (κ3) is 42.7. The number of hydrogen-bond donors (Lipinski definition) is 4. The van der Waals surface area contributed by atoms with Gasteiger partial charge >= 0.3 is 19.8 Å². The number of carbonyl (C=O) groups is 3. The van der Waals surface area contributed by atoms with Crippen LogP contribution in [-0.4, -0.2) is 64.9 Å². The molecule has 59 heavy (non-hydrogen) atoms. The van der Waals surface area contributed by atoms with Gasteiger partial charge in [-0.05, 0) is 38.5 Å².